The highest BCUT2D eigenvalue weighted by Crippen LogP contribution is 2.66. The molecule has 0 saturated heterocycles. The number of alkyl halides is 6. The number of hydrogen-bond acceptors (Lipinski definition) is 8. The van der Waals surface area contributed by atoms with Crippen molar-refractivity contribution >= 4 is 69.3 Å². The molecule has 2 atom stereocenters. The normalized spacial score (nSPS) is 17.0. The molecule has 2 aromatic heterocycles. The lowest BCUT2D eigenvalue weighted by Crippen LogP contribution is -2.52. The second-order valence-corrected chi connectivity index (χ2v) is 13.4. The summed E-state index contributed by atoms with van der Waals surface area (Å²) in [5.74, 6) is -20.5. The Morgan fingerprint density at radius 2 is 1.24 bits per heavy atom. The van der Waals surface area contributed by atoms with Gasteiger partial charge in [-0.3, -0.25) is 28.8 Å². The molecule has 1 aliphatic rings. The van der Waals surface area contributed by atoms with E-state index in [0.717, 1.165) is 0 Å². The fraction of sp³-hybridized carbons (Fsp3) is 0.467. The van der Waals surface area contributed by atoms with Gasteiger partial charge in [0.2, 0.25) is 35.4 Å². The van der Waals surface area contributed by atoms with Crippen molar-refractivity contribution in [2.45, 2.75) is 70.4 Å². The fourth-order valence-electron chi connectivity index (χ4n) is 4.75. The van der Waals surface area contributed by atoms with Crippen molar-refractivity contribution in [1.29, 1.82) is 0 Å². The van der Waals surface area contributed by atoms with Crippen LogP contribution >= 0.6 is 22.7 Å². The lowest BCUT2D eigenvalue weighted by Gasteiger charge is -2.25. The molecule has 50 heavy (non-hydrogen) atoms. The van der Waals surface area contributed by atoms with Crippen LogP contribution in [-0.4, -0.2) is 84.9 Å². The maximum absolute atomic E-state index is 15.1. The van der Waals surface area contributed by atoms with Gasteiger partial charge in [0.1, 0.15) is 12.1 Å². The van der Waals surface area contributed by atoms with E-state index in [1.165, 1.54) is 45.2 Å². The molecule has 274 valence electrons. The van der Waals surface area contributed by atoms with Crippen molar-refractivity contribution in [2.75, 3.05) is 19.6 Å². The van der Waals surface area contributed by atoms with E-state index in [1.54, 1.807) is 0 Å². The number of carbonyl (C=O) groups is 6. The van der Waals surface area contributed by atoms with Crippen molar-refractivity contribution in [2.24, 2.45) is 5.73 Å². The summed E-state index contributed by atoms with van der Waals surface area (Å²) in [6, 6.07) is 0.509. The van der Waals surface area contributed by atoms with Crippen molar-refractivity contribution in [3.8, 4) is 0 Å². The highest BCUT2D eigenvalue weighted by molar-refractivity contribution is 7.14. The Bertz CT molecular complexity index is 1710. The number of amides is 6. The Labute approximate surface area is 289 Å². The van der Waals surface area contributed by atoms with Crippen molar-refractivity contribution < 1.29 is 55.1 Å². The first kappa shape index (κ1) is 40.0. The Morgan fingerprint density at radius 3 is 1.74 bits per heavy atom. The van der Waals surface area contributed by atoms with Crippen LogP contribution in [0.25, 0.3) is 11.1 Å². The predicted molar refractivity (Wildman–Crippen MR) is 172 cm³/mol. The molecule has 2 heterocycles. The number of carbonyl (C=O) groups excluding carboxylic acids is 6. The van der Waals surface area contributed by atoms with Crippen molar-refractivity contribution in [3.63, 3.8) is 0 Å². The first-order valence-electron chi connectivity index (χ1n) is 14.8. The smallest absolute Gasteiger partial charge is 0.368 e. The van der Waals surface area contributed by atoms with Gasteiger partial charge in [0.25, 0.3) is 0 Å². The summed E-state index contributed by atoms with van der Waals surface area (Å²) in [7, 11) is 0. The minimum Gasteiger partial charge on any atom is -0.368 e. The average molecular weight is 753 g/mol. The third-order valence-corrected chi connectivity index (χ3v) is 9.75. The molecule has 0 aromatic carbocycles. The summed E-state index contributed by atoms with van der Waals surface area (Å²) in [4.78, 5) is 70.9. The highest BCUT2D eigenvalue weighted by Gasteiger charge is 2.80. The molecule has 0 spiro atoms. The highest BCUT2D eigenvalue weighted by atomic mass is 32.1. The Kier molecular flexibility index (Phi) is 12.5. The molecule has 7 N–H and O–H groups in total. The summed E-state index contributed by atoms with van der Waals surface area (Å²) in [5, 5.41) is 12.7. The SMILES string of the molecule is Cc1ccsc1C1=C(c2sc(CCC(=O)NCC(=O)N[C@@H](C)C(=O)NCC(=O)N[C@@H](C)C(=O)NCC(N)=O)cc2C)C(F)(F)C(F)(F)C1(F)F. The summed E-state index contributed by atoms with van der Waals surface area (Å²) in [6.07, 6.45) is -0.375. The maximum Gasteiger partial charge on any atom is 0.380 e. The number of halogens is 6. The molecule has 0 aliphatic heterocycles. The Balaban J connectivity index is 1.53. The van der Waals surface area contributed by atoms with Crippen LogP contribution in [0.1, 0.15) is 46.0 Å². The zero-order chi connectivity index (χ0) is 37.8. The lowest BCUT2D eigenvalue weighted by molar-refractivity contribution is -0.254. The minimum atomic E-state index is -5.68. The largest absolute Gasteiger partial charge is 0.380 e. The van der Waals surface area contributed by atoms with Gasteiger partial charge in [-0.1, -0.05) is 0 Å². The summed E-state index contributed by atoms with van der Waals surface area (Å²) in [5.41, 5.74) is 2.23. The summed E-state index contributed by atoms with van der Waals surface area (Å²) >= 11 is 1.24. The number of primary amides is 1. The number of allylic oxidation sites excluding steroid dienone is 2. The standard InChI is InChI=1S/C30H34F6N6O6S2/c1-13-7-8-49-24(13)22-23(29(33,34)30(35,36)28(22,31)32)25-14(2)9-17(50-25)5-6-19(44)38-11-20(45)41-16(4)27(48)40-12-21(46)42-15(3)26(47)39-10-18(37)43/h7-9,15-16H,5-6,10-12H2,1-4H3,(H2,37,43)(H,38,44)(H,39,47)(H,40,48)(H,41,45)(H,42,46)/t15-,16-/m0/s1. The molecule has 0 bridgehead atoms. The van der Waals surface area contributed by atoms with E-state index in [4.69, 9.17) is 5.73 Å². The van der Waals surface area contributed by atoms with Gasteiger partial charge in [0.15, 0.2) is 0 Å². The molecule has 6 amide bonds. The molecule has 0 unspecified atom stereocenters. The van der Waals surface area contributed by atoms with Gasteiger partial charge >= 0.3 is 17.8 Å². The third kappa shape index (κ3) is 8.63. The number of hydrogen-bond donors (Lipinski definition) is 6. The predicted octanol–water partition coefficient (Wildman–Crippen LogP) is 2.03. The molecule has 12 nitrogen and oxygen atoms in total. The average Bonchev–Trinajstić information content (AvgIpc) is 3.64. The molecule has 2 aromatic rings. The van der Waals surface area contributed by atoms with Crippen LogP contribution in [0.4, 0.5) is 26.3 Å². The van der Waals surface area contributed by atoms with E-state index in [-0.39, 0.29) is 33.7 Å². The van der Waals surface area contributed by atoms with E-state index < -0.39 is 101 Å². The van der Waals surface area contributed by atoms with Crippen LogP contribution in [-0.2, 0) is 35.2 Å². The quantitative estimate of drug-likeness (QED) is 0.151. The van der Waals surface area contributed by atoms with Gasteiger partial charge in [-0.2, -0.15) is 26.3 Å². The van der Waals surface area contributed by atoms with E-state index in [2.05, 4.69) is 26.6 Å². The first-order chi connectivity index (χ1) is 23.1. The number of nitrogens with two attached hydrogens (primary N) is 1. The van der Waals surface area contributed by atoms with Crippen molar-refractivity contribution in [1.82, 2.24) is 26.6 Å². The zero-order valence-corrected chi connectivity index (χ0v) is 28.7. The van der Waals surface area contributed by atoms with Crippen LogP contribution < -0.4 is 32.3 Å². The maximum atomic E-state index is 15.1. The minimum absolute atomic E-state index is 0.0460. The third-order valence-electron chi connectivity index (χ3n) is 7.40. The van der Waals surface area contributed by atoms with Crippen LogP contribution in [0.15, 0.2) is 17.5 Å². The van der Waals surface area contributed by atoms with E-state index in [1.807, 2.05) is 0 Å². The summed E-state index contributed by atoms with van der Waals surface area (Å²) in [6.45, 7) is 3.74. The van der Waals surface area contributed by atoms with Gasteiger partial charge < -0.3 is 32.3 Å². The van der Waals surface area contributed by atoms with Crippen LogP contribution in [0.2, 0.25) is 0 Å². The number of nitrogens with one attached hydrogen (secondary N) is 5. The molecule has 3 rings (SSSR count). The van der Waals surface area contributed by atoms with Gasteiger partial charge in [-0.15, -0.1) is 22.7 Å². The van der Waals surface area contributed by atoms with Gasteiger partial charge in [0.05, 0.1) is 30.8 Å². The Hall–Kier alpha value is -4.46. The van der Waals surface area contributed by atoms with E-state index in [9.17, 15) is 46.3 Å². The molecule has 0 saturated carbocycles. The van der Waals surface area contributed by atoms with Gasteiger partial charge in [-0.05, 0) is 62.8 Å². The Morgan fingerprint density at radius 1 is 0.740 bits per heavy atom. The van der Waals surface area contributed by atoms with Crippen molar-refractivity contribution in [3.05, 3.63) is 43.3 Å². The molecule has 0 fully saturated rings. The van der Waals surface area contributed by atoms with Gasteiger partial charge in [-0.25, -0.2) is 0 Å². The molecule has 1 aliphatic carbocycles. The monoisotopic (exact) mass is 752 g/mol. The molecule has 20 heteroatoms. The topological polar surface area (TPSA) is 189 Å². The lowest BCUT2D eigenvalue weighted by atomic mass is 10.0. The van der Waals surface area contributed by atoms with E-state index in [0.29, 0.717) is 22.7 Å². The second-order valence-electron chi connectivity index (χ2n) is 11.4. The molecular weight excluding hydrogens is 718 g/mol. The van der Waals surface area contributed by atoms with Crippen LogP contribution in [0.5, 0.6) is 0 Å². The number of thiophene rings is 2. The van der Waals surface area contributed by atoms with Crippen LogP contribution in [0.3, 0.4) is 0 Å². The van der Waals surface area contributed by atoms with Gasteiger partial charge in [0, 0.05) is 21.1 Å². The second kappa shape index (κ2) is 15.6. The number of aryl methyl sites for hydroxylation is 3. The summed E-state index contributed by atoms with van der Waals surface area (Å²) < 4.78 is 89.3. The first-order valence-corrected chi connectivity index (χ1v) is 16.5. The van der Waals surface area contributed by atoms with E-state index >= 15 is 8.78 Å². The molecular formula is C30H34F6N6O6S2. The zero-order valence-electron chi connectivity index (χ0n) is 27.0. The fourth-order valence-corrected chi connectivity index (χ4v) is 7.02. The number of rotatable bonds is 15. The van der Waals surface area contributed by atoms with Crippen LogP contribution in [0, 0.1) is 13.8 Å². The molecule has 0 radical (unpaired) electrons.